The third-order valence-corrected chi connectivity index (χ3v) is 3.26. The van der Waals surface area contributed by atoms with Crippen molar-refractivity contribution in [2.24, 2.45) is 5.73 Å². The summed E-state index contributed by atoms with van der Waals surface area (Å²) in [5.41, 5.74) is 6.99. The Morgan fingerprint density at radius 2 is 2.00 bits per heavy atom. The molecule has 0 radical (unpaired) electrons. The number of phenolic OH excluding ortho intramolecular Hbond substituents is 1. The number of hydrogen-bond acceptors (Lipinski definition) is 3. The Kier molecular flexibility index (Phi) is 2.93. The number of hydrogen-bond donors (Lipinski definition) is 3. The molecule has 1 aromatic carbocycles. The molecule has 0 saturated carbocycles. The average Bonchev–Trinajstić information content (AvgIpc) is 2.31. The first-order valence-corrected chi connectivity index (χ1v) is 5.51. The van der Waals surface area contributed by atoms with E-state index in [1.54, 1.807) is 12.1 Å². The highest BCUT2D eigenvalue weighted by Crippen LogP contribution is 2.30. The van der Waals surface area contributed by atoms with Crippen molar-refractivity contribution < 1.29 is 5.11 Å². The van der Waals surface area contributed by atoms with Crippen LogP contribution in [0.2, 0.25) is 0 Å². The summed E-state index contributed by atoms with van der Waals surface area (Å²) in [6, 6.07) is 7.37. The van der Waals surface area contributed by atoms with Gasteiger partial charge in [-0.1, -0.05) is 12.1 Å². The topological polar surface area (TPSA) is 58.3 Å². The van der Waals surface area contributed by atoms with E-state index in [1.165, 1.54) is 18.4 Å². The van der Waals surface area contributed by atoms with Gasteiger partial charge in [-0.3, -0.25) is 0 Å². The minimum atomic E-state index is -0.0774. The fraction of sp³-hybridized carbons (Fsp3) is 0.500. The second-order valence-electron chi connectivity index (χ2n) is 4.22. The molecule has 82 valence electrons. The summed E-state index contributed by atoms with van der Waals surface area (Å²) in [5, 5.41) is 12.8. The molecule has 0 aliphatic carbocycles. The molecular formula is C12H18N2O. The first kappa shape index (κ1) is 10.5. The van der Waals surface area contributed by atoms with E-state index in [1.807, 2.05) is 12.1 Å². The van der Waals surface area contributed by atoms with Crippen LogP contribution in [-0.4, -0.2) is 18.2 Å². The van der Waals surface area contributed by atoms with Crippen LogP contribution in [0, 0.1) is 0 Å². The molecule has 0 amide bonds. The van der Waals surface area contributed by atoms with E-state index in [4.69, 9.17) is 5.73 Å². The zero-order valence-corrected chi connectivity index (χ0v) is 8.87. The summed E-state index contributed by atoms with van der Waals surface area (Å²) in [6.45, 7) is 1.63. The van der Waals surface area contributed by atoms with Crippen molar-refractivity contribution >= 4 is 0 Å². The number of benzene rings is 1. The molecule has 1 heterocycles. The number of nitrogens with two attached hydrogens (primary N) is 1. The zero-order chi connectivity index (χ0) is 10.7. The highest BCUT2D eigenvalue weighted by molar-refractivity contribution is 5.31. The van der Waals surface area contributed by atoms with Gasteiger partial charge in [0.2, 0.25) is 0 Å². The van der Waals surface area contributed by atoms with Crippen LogP contribution in [0.25, 0.3) is 0 Å². The Morgan fingerprint density at radius 3 is 2.53 bits per heavy atom. The summed E-state index contributed by atoms with van der Waals surface area (Å²) >= 11 is 0. The first-order chi connectivity index (χ1) is 7.27. The van der Waals surface area contributed by atoms with Crippen LogP contribution in [0.5, 0.6) is 5.75 Å². The quantitative estimate of drug-likeness (QED) is 0.684. The van der Waals surface area contributed by atoms with Crippen LogP contribution in [0.3, 0.4) is 0 Å². The van der Waals surface area contributed by atoms with E-state index in [-0.39, 0.29) is 5.54 Å². The zero-order valence-electron chi connectivity index (χ0n) is 8.87. The number of rotatable bonds is 2. The van der Waals surface area contributed by atoms with E-state index in [9.17, 15) is 5.11 Å². The number of phenols is 1. The highest BCUT2D eigenvalue weighted by atomic mass is 16.3. The van der Waals surface area contributed by atoms with Gasteiger partial charge in [-0.25, -0.2) is 0 Å². The smallest absolute Gasteiger partial charge is 0.115 e. The molecule has 1 saturated heterocycles. The van der Waals surface area contributed by atoms with Crippen LogP contribution in [0.1, 0.15) is 24.8 Å². The summed E-state index contributed by atoms with van der Waals surface area (Å²) in [6.07, 6.45) is 3.51. The first-order valence-electron chi connectivity index (χ1n) is 5.51. The molecule has 1 aliphatic rings. The van der Waals surface area contributed by atoms with E-state index in [2.05, 4.69) is 5.32 Å². The summed E-state index contributed by atoms with van der Waals surface area (Å²) < 4.78 is 0. The Bertz CT molecular complexity index is 315. The van der Waals surface area contributed by atoms with Crippen molar-refractivity contribution in [2.45, 2.75) is 24.8 Å². The normalized spacial score (nSPS) is 26.5. The van der Waals surface area contributed by atoms with E-state index in [0.29, 0.717) is 12.3 Å². The Morgan fingerprint density at radius 1 is 1.27 bits per heavy atom. The summed E-state index contributed by atoms with van der Waals surface area (Å²) in [5.74, 6) is 0.307. The van der Waals surface area contributed by atoms with Crippen LogP contribution in [0.15, 0.2) is 24.3 Å². The van der Waals surface area contributed by atoms with Crippen LogP contribution < -0.4 is 11.1 Å². The SMILES string of the molecule is NCC1(c2ccc(O)cc2)CCCCN1. The van der Waals surface area contributed by atoms with Crippen molar-refractivity contribution in [1.82, 2.24) is 5.32 Å². The van der Waals surface area contributed by atoms with Crippen molar-refractivity contribution in [2.75, 3.05) is 13.1 Å². The van der Waals surface area contributed by atoms with E-state index in [0.717, 1.165) is 13.0 Å². The predicted octanol–water partition coefficient (Wildman–Crippen LogP) is 1.32. The Hall–Kier alpha value is -1.06. The maximum atomic E-state index is 9.26. The molecule has 1 aromatic rings. The third kappa shape index (κ3) is 1.98. The van der Waals surface area contributed by atoms with E-state index < -0.39 is 0 Å². The molecule has 15 heavy (non-hydrogen) atoms. The number of piperidine rings is 1. The molecule has 1 atom stereocenters. The Balaban J connectivity index is 2.28. The maximum Gasteiger partial charge on any atom is 0.115 e. The standard InChI is InChI=1S/C12H18N2O/c13-9-12(7-1-2-8-14-12)10-3-5-11(15)6-4-10/h3-6,14-15H,1-2,7-9,13H2. The van der Waals surface area contributed by atoms with Crippen molar-refractivity contribution in [3.63, 3.8) is 0 Å². The lowest BCUT2D eigenvalue weighted by molar-refractivity contribution is 0.265. The highest BCUT2D eigenvalue weighted by Gasteiger charge is 2.31. The van der Waals surface area contributed by atoms with Crippen LogP contribution in [0.4, 0.5) is 0 Å². The molecule has 4 N–H and O–H groups in total. The summed E-state index contributed by atoms with van der Waals surface area (Å²) in [7, 11) is 0. The lowest BCUT2D eigenvalue weighted by Crippen LogP contribution is -2.51. The molecular weight excluding hydrogens is 188 g/mol. The fourth-order valence-electron chi connectivity index (χ4n) is 2.29. The number of aromatic hydroxyl groups is 1. The molecule has 1 fully saturated rings. The lowest BCUT2D eigenvalue weighted by atomic mass is 9.82. The molecule has 2 rings (SSSR count). The van der Waals surface area contributed by atoms with Gasteiger partial charge in [0.15, 0.2) is 0 Å². The molecule has 1 aliphatic heterocycles. The largest absolute Gasteiger partial charge is 0.508 e. The number of nitrogens with one attached hydrogen (secondary N) is 1. The third-order valence-electron chi connectivity index (χ3n) is 3.26. The second kappa shape index (κ2) is 4.21. The van der Waals surface area contributed by atoms with Gasteiger partial charge in [-0.2, -0.15) is 0 Å². The predicted molar refractivity (Wildman–Crippen MR) is 60.7 cm³/mol. The molecule has 3 heteroatoms. The van der Waals surface area contributed by atoms with Gasteiger partial charge in [0, 0.05) is 6.54 Å². The molecule has 0 spiro atoms. The van der Waals surface area contributed by atoms with Gasteiger partial charge in [0.25, 0.3) is 0 Å². The van der Waals surface area contributed by atoms with Crippen LogP contribution in [-0.2, 0) is 5.54 Å². The van der Waals surface area contributed by atoms with Crippen LogP contribution >= 0.6 is 0 Å². The van der Waals surface area contributed by atoms with Crippen molar-refractivity contribution in [3.05, 3.63) is 29.8 Å². The van der Waals surface area contributed by atoms with Crippen molar-refractivity contribution in [3.8, 4) is 5.75 Å². The molecule has 1 unspecified atom stereocenters. The molecule has 3 nitrogen and oxygen atoms in total. The van der Waals surface area contributed by atoms with Gasteiger partial charge in [0.1, 0.15) is 5.75 Å². The minimum Gasteiger partial charge on any atom is -0.508 e. The van der Waals surface area contributed by atoms with Crippen molar-refractivity contribution in [1.29, 1.82) is 0 Å². The van der Waals surface area contributed by atoms with Gasteiger partial charge < -0.3 is 16.2 Å². The lowest BCUT2D eigenvalue weighted by Gasteiger charge is -2.38. The minimum absolute atomic E-state index is 0.0774. The van der Waals surface area contributed by atoms with Gasteiger partial charge >= 0.3 is 0 Å². The van der Waals surface area contributed by atoms with Gasteiger partial charge in [-0.05, 0) is 43.5 Å². The second-order valence-corrected chi connectivity index (χ2v) is 4.22. The van der Waals surface area contributed by atoms with Gasteiger partial charge in [-0.15, -0.1) is 0 Å². The fourth-order valence-corrected chi connectivity index (χ4v) is 2.29. The molecule has 0 aromatic heterocycles. The monoisotopic (exact) mass is 206 g/mol. The average molecular weight is 206 g/mol. The Labute approximate surface area is 90.3 Å². The van der Waals surface area contributed by atoms with E-state index >= 15 is 0 Å². The maximum absolute atomic E-state index is 9.26. The molecule has 0 bridgehead atoms. The summed E-state index contributed by atoms with van der Waals surface area (Å²) in [4.78, 5) is 0. The van der Waals surface area contributed by atoms with Gasteiger partial charge in [0.05, 0.1) is 5.54 Å².